The van der Waals surface area contributed by atoms with Crippen LogP contribution in [0.3, 0.4) is 0 Å². The Labute approximate surface area is 83.7 Å². The molecule has 0 saturated carbocycles. The van der Waals surface area contributed by atoms with E-state index in [0.29, 0.717) is 0 Å². The van der Waals surface area contributed by atoms with Crippen LogP contribution in [-0.2, 0) is 0 Å². The molecule has 0 amide bonds. The summed E-state index contributed by atoms with van der Waals surface area (Å²) in [6.45, 7) is 8.13. The van der Waals surface area contributed by atoms with Crippen molar-refractivity contribution < 1.29 is 0 Å². The van der Waals surface area contributed by atoms with Crippen LogP contribution in [0.1, 0.15) is 58.8 Å². The Hall–Kier alpha value is -0.520. The monoisotopic (exact) mass is 180 g/mol. The molecule has 0 spiro atoms. The highest BCUT2D eigenvalue weighted by molar-refractivity contribution is 5.10. The summed E-state index contributed by atoms with van der Waals surface area (Å²) in [4.78, 5) is 0. The lowest BCUT2D eigenvalue weighted by molar-refractivity contribution is 0.611. The van der Waals surface area contributed by atoms with E-state index in [4.69, 9.17) is 0 Å². The van der Waals surface area contributed by atoms with Gasteiger partial charge in [0.15, 0.2) is 0 Å². The molecule has 0 bridgehead atoms. The minimum atomic E-state index is 1.16. The summed E-state index contributed by atoms with van der Waals surface area (Å²) >= 11 is 0. The van der Waals surface area contributed by atoms with Crippen LogP contribution in [-0.4, -0.2) is 0 Å². The van der Waals surface area contributed by atoms with Crippen molar-refractivity contribution in [3.05, 3.63) is 24.3 Å². The summed E-state index contributed by atoms with van der Waals surface area (Å²) in [5.74, 6) is 0. The highest BCUT2D eigenvalue weighted by Gasteiger charge is 1.87. The topological polar surface area (TPSA) is 0 Å². The predicted octanol–water partition coefficient (Wildman–Crippen LogP) is 4.87. The van der Waals surface area contributed by atoms with Crippen molar-refractivity contribution >= 4 is 0 Å². The number of rotatable bonds is 8. The normalized spacial score (nSPS) is 10.9. The van der Waals surface area contributed by atoms with Gasteiger partial charge in [-0.05, 0) is 19.8 Å². The van der Waals surface area contributed by atoms with Gasteiger partial charge in [-0.15, -0.1) is 0 Å². The average molecular weight is 180 g/mol. The second kappa shape index (κ2) is 9.57. The molecule has 0 rings (SSSR count). The molecule has 0 aromatic carbocycles. The van der Waals surface area contributed by atoms with Crippen molar-refractivity contribution in [2.24, 2.45) is 0 Å². The maximum atomic E-state index is 3.83. The third-order valence-electron chi connectivity index (χ3n) is 2.13. The third-order valence-corrected chi connectivity index (χ3v) is 2.13. The molecule has 0 fully saturated rings. The molecule has 76 valence electrons. The number of unbranched alkanes of at least 4 members (excludes halogenated alkanes) is 6. The molecule has 0 unspecified atom stereocenters. The first kappa shape index (κ1) is 12.5. The Morgan fingerprint density at radius 3 is 2.31 bits per heavy atom. The van der Waals surface area contributed by atoms with Crippen molar-refractivity contribution in [2.75, 3.05) is 0 Å². The van der Waals surface area contributed by atoms with E-state index in [-0.39, 0.29) is 0 Å². The Morgan fingerprint density at radius 1 is 1.08 bits per heavy atom. The molecule has 0 saturated heterocycles. The molecular weight excluding hydrogens is 156 g/mol. The molecular formula is C13H24. The Kier molecular flexibility index (Phi) is 9.18. The summed E-state index contributed by atoms with van der Waals surface area (Å²) in [6, 6.07) is 0. The summed E-state index contributed by atoms with van der Waals surface area (Å²) in [6.07, 6.45) is 13.9. The lowest BCUT2D eigenvalue weighted by Crippen LogP contribution is -1.77. The smallest absolute Gasteiger partial charge is 0.0348 e. The van der Waals surface area contributed by atoms with Crippen molar-refractivity contribution in [1.29, 1.82) is 0 Å². The lowest BCUT2D eigenvalue weighted by atomic mass is 10.1. The van der Waals surface area contributed by atoms with E-state index in [1.807, 2.05) is 6.92 Å². The molecule has 0 N–H and O–H groups in total. The maximum absolute atomic E-state index is 3.83. The molecule has 13 heavy (non-hydrogen) atoms. The molecule has 0 aliphatic carbocycles. The van der Waals surface area contributed by atoms with Crippen LogP contribution in [0.15, 0.2) is 24.3 Å². The summed E-state index contributed by atoms with van der Waals surface area (Å²) in [5.41, 5.74) is 1.16. The van der Waals surface area contributed by atoms with Crippen molar-refractivity contribution in [2.45, 2.75) is 58.8 Å². The Bertz CT molecular complexity index is 142. The van der Waals surface area contributed by atoms with E-state index in [0.717, 1.165) is 5.57 Å². The van der Waals surface area contributed by atoms with Gasteiger partial charge in [0.25, 0.3) is 0 Å². The average Bonchev–Trinajstić information content (AvgIpc) is 2.09. The van der Waals surface area contributed by atoms with Crippen molar-refractivity contribution in [1.82, 2.24) is 0 Å². The molecule has 0 heteroatoms. The van der Waals surface area contributed by atoms with Gasteiger partial charge in [0.2, 0.25) is 0 Å². The van der Waals surface area contributed by atoms with Gasteiger partial charge in [-0.3, -0.25) is 0 Å². The standard InChI is InChI=1S/C13H24/c1-4-5-6-7-8-9-10-11-12-13(2)3/h11-12H,2,4-10H2,1,3H3. The third kappa shape index (κ3) is 11.5. The largest absolute Gasteiger partial charge is 0.0961 e. The van der Waals surface area contributed by atoms with E-state index < -0.39 is 0 Å². The van der Waals surface area contributed by atoms with E-state index in [2.05, 4.69) is 25.7 Å². The highest BCUT2D eigenvalue weighted by atomic mass is 13.9. The first-order chi connectivity index (χ1) is 6.27. The van der Waals surface area contributed by atoms with E-state index in [9.17, 15) is 0 Å². The van der Waals surface area contributed by atoms with E-state index in [1.165, 1.54) is 44.9 Å². The van der Waals surface area contributed by atoms with Crippen LogP contribution >= 0.6 is 0 Å². The molecule has 0 radical (unpaired) electrons. The summed E-state index contributed by atoms with van der Waals surface area (Å²) in [5, 5.41) is 0. The highest BCUT2D eigenvalue weighted by Crippen LogP contribution is 2.07. The molecule has 0 aromatic rings. The van der Waals surface area contributed by atoms with Crippen molar-refractivity contribution in [3.63, 3.8) is 0 Å². The van der Waals surface area contributed by atoms with Crippen LogP contribution < -0.4 is 0 Å². The van der Waals surface area contributed by atoms with Crippen LogP contribution in [0.5, 0.6) is 0 Å². The zero-order chi connectivity index (χ0) is 9.94. The molecule has 0 heterocycles. The number of hydrogen-bond acceptors (Lipinski definition) is 0. The van der Waals surface area contributed by atoms with E-state index >= 15 is 0 Å². The van der Waals surface area contributed by atoms with Gasteiger partial charge < -0.3 is 0 Å². The quantitative estimate of drug-likeness (QED) is 0.369. The Morgan fingerprint density at radius 2 is 1.69 bits per heavy atom. The van der Waals surface area contributed by atoms with Crippen LogP contribution in [0, 0.1) is 0 Å². The molecule has 0 nitrogen and oxygen atoms in total. The molecule has 0 atom stereocenters. The zero-order valence-electron chi connectivity index (χ0n) is 9.31. The first-order valence-corrected chi connectivity index (χ1v) is 5.59. The first-order valence-electron chi connectivity index (χ1n) is 5.59. The van der Waals surface area contributed by atoms with Gasteiger partial charge in [-0.1, -0.05) is 63.3 Å². The zero-order valence-corrected chi connectivity index (χ0v) is 9.31. The van der Waals surface area contributed by atoms with Gasteiger partial charge in [-0.2, -0.15) is 0 Å². The fourth-order valence-electron chi connectivity index (χ4n) is 1.33. The van der Waals surface area contributed by atoms with Crippen molar-refractivity contribution in [3.8, 4) is 0 Å². The van der Waals surface area contributed by atoms with Gasteiger partial charge in [0.1, 0.15) is 0 Å². The minimum absolute atomic E-state index is 1.16. The van der Waals surface area contributed by atoms with Crippen LogP contribution in [0.2, 0.25) is 0 Å². The van der Waals surface area contributed by atoms with Gasteiger partial charge in [0.05, 0.1) is 0 Å². The fraction of sp³-hybridized carbons (Fsp3) is 0.692. The maximum Gasteiger partial charge on any atom is -0.0348 e. The minimum Gasteiger partial charge on any atom is -0.0961 e. The second-order valence-corrected chi connectivity index (χ2v) is 3.81. The predicted molar refractivity (Wildman–Crippen MR) is 61.9 cm³/mol. The number of allylic oxidation sites excluding steroid dienone is 3. The fourth-order valence-corrected chi connectivity index (χ4v) is 1.33. The summed E-state index contributed by atoms with van der Waals surface area (Å²) < 4.78 is 0. The van der Waals surface area contributed by atoms with Gasteiger partial charge in [-0.25, -0.2) is 0 Å². The molecule has 0 aromatic heterocycles. The molecule has 0 aliphatic heterocycles. The molecule has 0 aliphatic rings. The van der Waals surface area contributed by atoms with Crippen LogP contribution in [0.25, 0.3) is 0 Å². The van der Waals surface area contributed by atoms with Crippen LogP contribution in [0.4, 0.5) is 0 Å². The van der Waals surface area contributed by atoms with Gasteiger partial charge >= 0.3 is 0 Å². The second-order valence-electron chi connectivity index (χ2n) is 3.81. The summed E-state index contributed by atoms with van der Waals surface area (Å²) in [7, 11) is 0. The SMILES string of the molecule is C=C(C)C=CCCCCCCCC. The number of hydrogen-bond donors (Lipinski definition) is 0. The Balaban J connectivity index is 3.03. The van der Waals surface area contributed by atoms with Gasteiger partial charge in [0, 0.05) is 0 Å². The van der Waals surface area contributed by atoms with E-state index in [1.54, 1.807) is 0 Å². The lowest BCUT2D eigenvalue weighted by Gasteiger charge is -1.97.